The highest BCUT2D eigenvalue weighted by molar-refractivity contribution is 7.99. The molecule has 0 unspecified atom stereocenters. The lowest BCUT2D eigenvalue weighted by molar-refractivity contribution is 0.340. The van der Waals surface area contributed by atoms with Crippen molar-refractivity contribution < 1.29 is 13.2 Å². The largest absolute Gasteiger partial charge is 0.494 e. The van der Waals surface area contributed by atoms with E-state index in [-0.39, 0.29) is 4.90 Å². The van der Waals surface area contributed by atoms with Crippen molar-refractivity contribution in [1.82, 2.24) is 9.55 Å². The van der Waals surface area contributed by atoms with Crippen LogP contribution in [0.4, 0.5) is 5.69 Å². The fourth-order valence-corrected chi connectivity index (χ4v) is 4.49. The van der Waals surface area contributed by atoms with E-state index in [0.717, 1.165) is 15.6 Å². The molecule has 1 heterocycles. The molecular formula is C19H21N3O3S2. The zero-order valence-corrected chi connectivity index (χ0v) is 17.0. The van der Waals surface area contributed by atoms with E-state index in [4.69, 9.17) is 4.74 Å². The topological polar surface area (TPSA) is 73.2 Å². The second-order valence-corrected chi connectivity index (χ2v) is 8.63. The molecule has 3 aromatic rings. The number of anilines is 1. The number of aromatic nitrogens is 2. The Morgan fingerprint density at radius 1 is 1.19 bits per heavy atom. The van der Waals surface area contributed by atoms with Gasteiger partial charge in [0.2, 0.25) is 0 Å². The molecule has 2 aromatic carbocycles. The highest BCUT2D eigenvalue weighted by Gasteiger charge is 2.16. The van der Waals surface area contributed by atoms with Gasteiger partial charge in [-0.3, -0.25) is 4.72 Å². The molecule has 0 radical (unpaired) electrons. The molecular weight excluding hydrogens is 382 g/mol. The van der Waals surface area contributed by atoms with Crippen molar-refractivity contribution >= 4 is 27.5 Å². The standard InChI is InChI=1S/C19H21N3O3S2/c1-4-25-15-5-8-17(9-6-15)27(23,24)21-18-10-7-16(13-14(18)2)26-19-20-11-12-22(19)3/h5-13,21H,4H2,1-3H3. The number of hydrogen-bond acceptors (Lipinski definition) is 5. The fraction of sp³-hybridized carbons (Fsp3) is 0.211. The third kappa shape index (κ3) is 4.64. The van der Waals surface area contributed by atoms with Gasteiger partial charge in [-0.05, 0) is 61.9 Å². The zero-order chi connectivity index (χ0) is 19.4. The van der Waals surface area contributed by atoms with Gasteiger partial charge in [0.05, 0.1) is 17.2 Å². The Balaban J connectivity index is 1.77. The van der Waals surface area contributed by atoms with Crippen molar-refractivity contribution in [2.45, 2.75) is 28.8 Å². The molecule has 3 rings (SSSR count). The van der Waals surface area contributed by atoms with E-state index < -0.39 is 10.0 Å². The Labute approximate surface area is 163 Å². The highest BCUT2D eigenvalue weighted by atomic mass is 32.2. The lowest BCUT2D eigenvalue weighted by atomic mass is 10.2. The van der Waals surface area contributed by atoms with Crippen molar-refractivity contribution in [3.8, 4) is 5.75 Å². The molecule has 1 N–H and O–H groups in total. The second kappa shape index (κ2) is 8.06. The van der Waals surface area contributed by atoms with E-state index in [1.165, 1.54) is 23.9 Å². The van der Waals surface area contributed by atoms with E-state index in [9.17, 15) is 8.42 Å². The first-order chi connectivity index (χ1) is 12.9. The van der Waals surface area contributed by atoms with E-state index in [2.05, 4.69) is 9.71 Å². The van der Waals surface area contributed by atoms with Crippen LogP contribution in [0, 0.1) is 6.92 Å². The Morgan fingerprint density at radius 3 is 2.52 bits per heavy atom. The summed E-state index contributed by atoms with van der Waals surface area (Å²) < 4.78 is 35.2. The van der Waals surface area contributed by atoms with Crippen molar-refractivity contribution in [3.63, 3.8) is 0 Å². The second-order valence-electron chi connectivity index (χ2n) is 5.91. The van der Waals surface area contributed by atoms with E-state index in [1.54, 1.807) is 24.4 Å². The van der Waals surface area contributed by atoms with Gasteiger partial charge in [-0.2, -0.15) is 0 Å². The first kappa shape index (κ1) is 19.3. The van der Waals surface area contributed by atoms with Crippen LogP contribution in [0.1, 0.15) is 12.5 Å². The third-order valence-corrected chi connectivity index (χ3v) is 6.32. The molecule has 0 atom stereocenters. The van der Waals surface area contributed by atoms with Crippen molar-refractivity contribution in [2.75, 3.05) is 11.3 Å². The number of hydrogen-bond donors (Lipinski definition) is 1. The summed E-state index contributed by atoms with van der Waals surface area (Å²) in [4.78, 5) is 5.47. The first-order valence-corrected chi connectivity index (χ1v) is 10.7. The molecule has 0 bridgehead atoms. The molecule has 142 valence electrons. The van der Waals surface area contributed by atoms with Gasteiger partial charge in [0, 0.05) is 24.3 Å². The minimum absolute atomic E-state index is 0.191. The molecule has 27 heavy (non-hydrogen) atoms. The van der Waals surface area contributed by atoms with Gasteiger partial charge in [-0.25, -0.2) is 13.4 Å². The minimum Gasteiger partial charge on any atom is -0.494 e. The quantitative estimate of drug-likeness (QED) is 0.643. The van der Waals surface area contributed by atoms with E-state index >= 15 is 0 Å². The SMILES string of the molecule is CCOc1ccc(S(=O)(=O)Nc2ccc(Sc3nccn3C)cc2C)cc1. The Morgan fingerprint density at radius 2 is 1.93 bits per heavy atom. The smallest absolute Gasteiger partial charge is 0.261 e. The summed E-state index contributed by atoms with van der Waals surface area (Å²) in [5, 5.41) is 0.872. The van der Waals surface area contributed by atoms with Crippen molar-refractivity contribution in [2.24, 2.45) is 7.05 Å². The van der Waals surface area contributed by atoms with Crippen LogP contribution in [-0.2, 0) is 17.1 Å². The van der Waals surface area contributed by atoms with Crippen LogP contribution in [0.5, 0.6) is 5.75 Å². The molecule has 0 amide bonds. The number of aryl methyl sites for hydroxylation is 2. The molecule has 6 nitrogen and oxygen atoms in total. The maximum absolute atomic E-state index is 12.6. The predicted octanol–water partition coefficient (Wildman–Crippen LogP) is 4.08. The van der Waals surface area contributed by atoms with Crippen molar-refractivity contribution in [3.05, 3.63) is 60.4 Å². The van der Waals surface area contributed by atoms with Crippen LogP contribution in [-0.4, -0.2) is 24.6 Å². The molecule has 8 heteroatoms. The van der Waals surface area contributed by atoms with Gasteiger partial charge in [-0.15, -0.1) is 0 Å². The Kier molecular flexibility index (Phi) is 5.76. The lowest BCUT2D eigenvalue weighted by Gasteiger charge is -2.12. The molecule has 0 saturated heterocycles. The predicted molar refractivity (Wildman–Crippen MR) is 107 cm³/mol. The lowest BCUT2D eigenvalue weighted by Crippen LogP contribution is -2.13. The number of sulfonamides is 1. The Hall–Kier alpha value is -2.45. The van der Waals surface area contributed by atoms with Gasteiger partial charge < -0.3 is 9.30 Å². The molecule has 0 aliphatic heterocycles. The summed E-state index contributed by atoms with van der Waals surface area (Å²) in [7, 11) is -1.73. The molecule has 0 fully saturated rings. The van der Waals surface area contributed by atoms with Gasteiger partial charge in [-0.1, -0.05) is 11.8 Å². The summed E-state index contributed by atoms with van der Waals surface area (Å²) in [6, 6.07) is 12.0. The Bertz CT molecular complexity index is 1030. The number of benzene rings is 2. The summed E-state index contributed by atoms with van der Waals surface area (Å²) in [6.45, 7) is 4.29. The maximum atomic E-state index is 12.6. The molecule has 1 aromatic heterocycles. The number of rotatable bonds is 7. The van der Waals surface area contributed by atoms with E-state index in [0.29, 0.717) is 18.0 Å². The van der Waals surface area contributed by atoms with Gasteiger partial charge >= 0.3 is 0 Å². The van der Waals surface area contributed by atoms with Gasteiger partial charge in [0.25, 0.3) is 10.0 Å². The van der Waals surface area contributed by atoms with Crippen LogP contribution >= 0.6 is 11.8 Å². The fourth-order valence-electron chi connectivity index (χ4n) is 2.46. The summed E-state index contributed by atoms with van der Waals surface area (Å²) in [6.07, 6.45) is 3.63. The van der Waals surface area contributed by atoms with Crippen molar-refractivity contribution in [1.29, 1.82) is 0 Å². The summed E-state index contributed by atoms with van der Waals surface area (Å²) in [5.74, 6) is 0.642. The van der Waals surface area contributed by atoms with Crippen LogP contribution in [0.2, 0.25) is 0 Å². The maximum Gasteiger partial charge on any atom is 0.261 e. The van der Waals surface area contributed by atoms with Gasteiger partial charge in [0.1, 0.15) is 5.75 Å². The minimum atomic E-state index is -3.67. The van der Waals surface area contributed by atoms with Gasteiger partial charge in [0.15, 0.2) is 5.16 Å². The monoisotopic (exact) mass is 403 g/mol. The van der Waals surface area contributed by atoms with Crippen LogP contribution in [0.15, 0.2) is 69.8 Å². The molecule has 0 spiro atoms. The van der Waals surface area contributed by atoms with E-state index in [1.807, 2.05) is 43.8 Å². The number of imidazole rings is 1. The number of nitrogens with one attached hydrogen (secondary N) is 1. The van der Waals surface area contributed by atoms with Crippen LogP contribution < -0.4 is 9.46 Å². The summed E-state index contributed by atoms with van der Waals surface area (Å²) >= 11 is 1.53. The number of ether oxygens (including phenoxy) is 1. The molecule has 0 aliphatic carbocycles. The molecule has 0 saturated carbocycles. The first-order valence-electron chi connectivity index (χ1n) is 8.40. The summed E-state index contributed by atoms with van der Waals surface area (Å²) in [5.41, 5.74) is 1.39. The highest BCUT2D eigenvalue weighted by Crippen LogP contribution is 2.30. The average Bonchev–Trinajstić information content (AvgIpc) is 3.03. The average molecular weight is 404 g/mol. The third-order valence-electron chi connectivity index (χ3n) is 3.87. The van der Waals surface area contributed by atoms with Crippen LogP contribution in [0.3, 0.4) is 0 Å². The normalized spacial score (nSPS) is 11.4. The number of nitrogens with zero attached hydrogens (tertiary/aromatic N) is 2. The zero-order valence-electron chi connectivity index (χ0n) is 15.3. The van der Waals surface area contributed by atoms with Crippen LogP contribution in [0.25, 0.3) is 0 Å². The molecule has 0 aliphatic rings.